The van der Waals surface area contributed by atoms with Crippen molar-refractivity contribution in [1.29, 1.82) is 0 Å². The van der Waals surface area contributed by atoms with Gasteiger partial charge in [0.05, 0.1) is 25.3 Å². The standard InChI is InChI=1S/C21H20ClNO3/c1-13(16-10-6-8-14-7-4-5-9-17(14)16)23-21(24)15-11-18(22)20(26-3)19(12-15)25-2/h4-13H,1-3H3,(H,23,24). The topological polar surface area (TPSA) is 47.6 Å². The highest BCUT2D eigenvalue weighted by atomic mass is 35.5. The summed E-state index contributed by atoms with van der Waals surface area (Å²) in [5.74, 6) is 0.601. The van der Waals surface area contributed by atoms with E-state index in [-0.39, 0.29) is 11.9 Å². The molecule has 0 fully saturated rings. The fourth-order valence-electron chi connectivity index (χ4n) is 3.03. The molecule has 4 nitrogen and oxygen atoms in total. The lowest BCUT2D eigenvalue weighted by Gasteiger charge is -2.18. The second kappa shape index (κ2) is 7.67. The van der Waals surface area contributed by atoms with Crippen LogP contribution in [0.5, 0.6) is 11.5 Å². The number of benzene rings is 3. The Hall–Kier alpha value is -2.72. The monoisotopic (exact) mass is 369 g/mol. The first-order chi connectivity index (χ1) is 12.5. The van der Waals surface area contributed by atoms with Gasteiger partial charge in [0.15, 0.2) is 11.5 Å². The average Bonchev–Trinajstić information content (AvgIpc) is 2.66. The van der Waals surface area contributed by atoms with Crippen molar-refractivity contribution >= 4 is 28.3 Å². The van der Waals surface area contributed by atoms with Crippen molar-refractivity contribution in [2.45, 2.75) is 13.0 Å². The molecule has 1 unspecified atom stereocenters. The van der Waals surface area contributed by atoms with E-state index in [9.17, 15) is 4.79 Å². The summed E-state index contributed by atoms with van der Waals surface area (Å²) in [5.41, 5.74) is 1.47. The number of halogens is 1. The number of fused-ring (bicyclic) bond motifs is 1. The zero-order chi connectivity index (χ0) is 18.7. The van der Waals surface area contributed by atoms with E-state index >= 15 is 0 Å². The number of amides is 1. The molecule has 1 atom stereocenters. The number of rotatable bonds is 5. The Kier molecular flexibility index (Phi) is 5.33. The fourth-order valence-corrected chi connectivity index (χ4v) is 3.32. The van der Waals surface area contributed by atoms with E-state index in [0.29, 0.717) is 22.1 Å². The minimum absolute atomic E-state index is 0.166. The first-order valence-corrected chi connectivity index (χ1v) is 8.63. The lowest BCUT2D eigenvalue weighted by molar-refractivity contribution is 0.0939. The molecule has 134 valence electrons. The molecule has 0 radical (unpaired) electrons. The van der Waals surface area contributed by atoms with E-state index in [1.54, 1.807) is 12.1 Å². The summed E-state index contributed by atoms with van der Waals surface area (Å²) in [4.78, 5) is 12.7. The summed E-state index contributed by atoms with van der Waals surface area (Å²) in [6.07, 6.45) is 0. The van der Waals surface area contributed by atoms with Crippen LogP contribution in [-0.2, 0) is 0 Å². The van der Waals surface area contributed by atoms with Gasteiger partial charge >= 0.3 is 0 Å². The van der Waals surface area contributed by atoms with Gasteiger partial charge in [0.25, 0.3) is 5.91 Å². The second-order valence-electron chi connectivity index (χ2n) is 5.96. The smallest absolute Gasteiger partial charge is 0.251 e. The molecule has 1 N–H and O–H groups in total. The molecule has 0 aromatic heterocycles. The fraction of sp³-hybridized carbons (Fsp3) is 0.190. The maximum absolute atomic E-state index is 12.7. The molecule has 0 aliphatic rings. The molecular formula is C21H20ClNO3. The van der Waals surface area contributed by atoms with E-state index in [2.05, 4.69) is 23.5 Å². The van der Waals surface area contributed by atoms with Gasteiger partial charge in [0.2, 0.25) is 0 Å². The molecule has 0 bridgehead atoms. The third-order valence-corrected chi connectivity index (χ3v) is 4.61. The van der Waals surface area contributed by atoms with Gasteiger partial charge < -0.3 is 14.8 Å². The highest BCUT2D eigenvalue weighted by Crippen LogP contribution is 2.36. The number of hydrogen-bond acceptors (Lipinski definition) is 3. The molecule has 3 rings (SSSR count). The van der Waals surface area contributed by atoms with E-state index in [1.165, 1.54) is 14.2 Å². The minimum Gasteiger partial charge on any atom is -0.493 e. The highest BCUT2D eigenvalue weighted by molar-refractivity contribution is 6.32. The molecule has 0 saturated heterocycles. The normalized spacial score (nSPS) is 11.8. The van der Waals surface area contributed by atoms with Crippen molar-refractivity contribution < 1.29 is 14.3 Å². The van der Waals surface area contributed by atoms with Gasteiger partial charge in [-0.1, -0.05) is 54.1 Å². The Morgan fingerprint density at radius 1 is 1.04 bits per heavy atom. The predicted molar refractivity (Wildman–Crippen MR) is 104 cm³/mol. The summed E-state index contributed by atoms with van der Waals surface area (Å²) >= 11 is 6.20. The van der Waals surface area contributed by atoms with Crippen LogP contribution in [0.4, 0.5) is 0 Å². The van der Waals surface area contributed by atoms with Gasteiger partial charge in [0.1, 0.15) is 0 Å². The zero-order valence-electron chi connectivity index (χ0n) is 14.9. The number of hydrogen-bond donors (Lipinski definition) is 1. The Labute approximate surface area is 157 Å². The van der Waals surface area contributed by atoms with Crippen LogP contribution in [0.3, 0.4) is 0 Å². The quantitative estimate of drug-likeness (QED) is 0.688. The van der Waals surface area contributed by atoms with E-state index in [0.717, 1.165) is 16.3 Å². The van der Waals surface area contributed by atoms with E-state index < -0.39 is 0 Å². The lowest BCUT2D eigenvalue weighted by Crippen LogP contribution is -2.26. The molecule has 26 heavy (non-hydrogen) atoms. The second-order valence-corrected chi connectivity index (χ2v) is 6.36. The van der Waals surface area contributed by atoms with Crippen LogP contribution in [0.1, 0.15) is 28.9 Å². The molecule has 0 saturated carbocycles. The van der Waals surface area contributed by atoms with Crippen molar-refractivity contribution in [3.63, 3.8) is 0 Å². The molecule has 5 heteroatoms. The Bertz CT molecular complexity index is 950. The third kappa shape index (κ3) is 3.46. The number of methoxy groups -OCH3 is 2. The van der Waals surface area contributed by atoms with Crippen LogP contribution in [0.2, 0.25) is 5.02 Å². The van der Waals surface area contributed by atoms with Gasteiger partial charge in [-0.3, -0.25) is 4.79 Å². The van der Waals surface area contributed by atoms with Gasteiger partial charge in [-0.15, -0.1) is 0 Å². The van der Waals surface area contributed by atoms with Crippen molar-refractivity contribution in [2.75, 3.05) is 14.2 Å². The van der Waals surface area contributed by atoms with E-state index in [4.69, 9.17) is 21.1 Å². The SMILES string of the molecule is COc1cc(C(=O)NC(C)c2cccc3ccccc23)cc(Cl)c1OC. The average molecular weight is 370 g/mol. The van der Waals surface area contributed by atoms with Crippen molar-refractivity contribution in [1.82, 2.24) is 5.32 Å². The predicted octanol–water partition coefficient (Wildman–Crippen LogP) is 5.00. The van der Waals surface area contributed by atoms with Gasteiger partial charge in [0, 0.05) is 5.56 Å². The summed E-state index contributed by atoms with van der Waals surface area (Å²) in [7, 11) is 3.01. The van der Waals surface area contributed by atoms with E-state index in [1.807, 2.05) is 31.2 Å². The van der Waals surface area contributed by atoms with Crippen LogP contribution in [0.15, 0.2) is 54.6 Å². The maximum Gasteiger partial charge on any atom is 0.251 e. The maximum atomic E-state index is 12.7. The summed E-state index contributed by atoms with van der Waals surface area (Å²) in [6, 6.07) is 17.2. The van der Waals surface area contributed by atoms with Crippen LogP contribution in [0.25, 0.3) is 10.8 Å². The Morgan fingerprint density at radius 3 is 2.50 bits per heavy atom. The molecule has 0 spiro atoms. The molecule has 0 aliphatic heterocycles. The van der Waals surface area contributed by atoms with Crippen LogP contribution in [0, 0.1) is 0 Å². The van der Waals surface area contributed by atoms with Crippen LogP contribution < -0.4 is 14.8 Å². The number of carbonyl (C=O) groups is 1. The highest BCUT2D eigenvalue weighted by Gasteiger charge is 2.18. The van der Waals surface area contributed by atoms with Crippen LogP contribution in [-0.4, -0.2) is 20.1 Å². The molecule has 0 aliphatic carbocycles. The first-order valence-electron chi connectivity index (χ1n) is 8.25. The van der Waals surface area contributed by atoms with Crippen molar-refractivity contribution in [2.24, 2.45) is 0 Å². The zero-order valence-corrected chi connectivity index (χ0v) is 15.6. The number of carbonyl (C=O) groups excluding carboxylic acids is 1. The van der Waals surface area contributed by atoms with Crippen molar-refractivity contribution in [3.05, 3.63) is 70.7 Å². The summed E-state index contributed by atoms with van der Waals surface area (Å²) in [6.45, 7) is 1.96. The van der Waals surface area contributed by atoms with Gasteiger partial charge in [-0.2, -0.15) is 0 Å². The van der Waals surface area contributed by atoms with Crippen LogP contribution >= 0.6 is 11.6 Å². The minimum atomic E-state index is -0.228. The molecule has 3 aromatic rings. The number of ether oxygens (including phenoxy) is 2. The lowest BCUT2D eigenvalue weighted by atomic mass is 9.99. The Balaban J connectivity index is 1.89. The molecule has 1 amide bonds. The van der Waals surface area contributed by atoms with Gasteiger partial charge in [-0.25, -0.2) is 0 Å². The number of nitrogens with one attached hydrogen (secondary N) is 1. The Morgan fingerprint density at radius 2 is 1.77 bits per heavy atom. The summed E-state index contributed by atoms with van der Waals surface area (Å²) < 4.78 is 10.5. The molecular weight excluding hydrogens is 350 g/mol. The largest absolute Gasteiger partial charge is 0.493 e. The third-order valence-electron chi connectivity index (χ3n) is 4.33. The van der Waals surface area contributed by atoms with Gasteiger partial charge in [-0.05, 0) is 35.4 Å². The molecule has 0 heterocycles. The first kappa shape index (κ1) is 18.1. The van der Waals surface area contributed by atoms with Crippen molar-refractivity contribution in [3.8, 4) is 11.5 Å². The molecule has 3 aromatic carbocycles. The summed E-state index contributed by atoms with van der Waals surface area (Å²) in [5, 5.41) is 5.61.